The van der Waals surface area contributed by atoms with Crippen LogP contribution < -0.4 is 5.32 Å². The monoisotopic (exact) mass is 327 g/mol. The summed E-state index contributed by atoms with van der Waals surface area (Å²) in [5, 5.41) is 3.79. The van der Waals surface area contributed by atoms with Crippen molar-refractivity contribution in [1.82, 2.24) is 0 Å². The van der Waals surface area contributed by atoms with Gasteiger partial charge in [0.15, 0.2) is 0 Å². The molecule has 0 aliphatic heterocycles. The highest BCUT2D eigenvalue weighted by Crippen LogP contribution is 2.27. The molecule has 0 heterocycles. The largest absolute Gasteiger partial charge is 0.376 e. The number of halogens is 3. The number of rotatable bonds is 3. The summed E-state index contributed by atoms with van der Waals surface area (Å²) in [7, 11) is 0. The maximum absolute atomic E-state index is 13.7. The van der Waals surface area contributed by atoms with Crippen LogP contribution in [0.5, 0.6) is 0 Å². The Morgan fingerprint density at radius 3 is 2.61 bits per heavy atom. The van der Waals surface area contributed by atoms with Crippen molar-refractivity contribution in [3.63, 3.8) is 0 Å². The van der Waals surface area contributed by atoms with Crippen molar-refractivity contribution in [3.05, 3.63) is 63.3 Å². The summed E-state index contributed by atoms with van der Waals surface area (Å²) in [6, 6.07) is 12.4. The third-order valence-corrected chi connectivity index (χ3v) is 3.51. The zero-order valence-electron chi connectivity index (χ0n) is 9.75. The lowest BCUT2D eigenvalue weighted by molar-refractivity contribution is 0.626. The first kappa shape index (κ1) is 13.4. The van der Waals surface area contributed by atoms with E-state index in [9.17, 15) is 4.39 Å². The normalized spacial score (nSPS) is 12.2. The summed E-state index contributed by atoms with van der Waals surface area (Å²) in [6.07, 6.45) is 0. The molecule has 1 N–H and O–H groups in total. The van der Waals surface area contributed by atoms with Gasteiger partial charge in [0.05, 0.1) is 11.7 Å². The Morgan fingerprint density at radius 2 is 1.94 bits per heavy atom. The molecule has 0 saturated heterocycles. The molecule has 2 rings (SSSR count). The van der Waals surface area contributed by atoms with Crippen molar-refractivity contribution >= 4 is 33.2 Å². The van der Waals surface area contributed by atoms with E-state index in [-0.39, 0.29) is 11.9 Å². The molecule has 0 fully saturated rings. The Morgan fingerprint density at radius 1 is 1.22 bits per heavy atom. The zero-order chi connectivity index (χ0) is 13.1. The highest BCUT2D eigenvalue weighted by molar-refractivity contribution is 9.10. The first-order valence-electron chi connectivity index (χ1n) is 5.54. The molecular weight excluding hydrogens is 317 g/mol. The van der Waals surface area contributed by atoms with Crippen LogP contribution in [0.2, 0.25) is 5.02 Å². The summed E-state index contributed by atoms with van der Waals surface area (Å²) in [4.78, 5) is 0. The van der Waals surface area contributed by atoms with Gasteiger partial charge in [0.2, 0.25) is 0 Å². The molecule has 0 aliphatic rings. The fourth-order valence-electron chi connectivity index (χ4n) is 1.74. The van der Waals surface area contributed by atoms with Gasteiger partial charge in [-0.25, -0.2) is 4.39 Å². The van der Waals surface area contributed by atoms with Crippen LogP contribution in [-0.2, 0) is 0 Å². The first-order valence-corrected chi connectivity index (χ1v) is 6.71. The molecular formula is C14H12BrClFN. The van der Waals surface area contributed by atoms with Gasteiger partial charge >= 0.3 is 0 Å². The van der Waals surface area contributed by atoms with E-state index in [4.69, 9.17) is 11.6 Å². The number of benzene rings is 2. The molecule has 1 atom stereocenters. The zero-order valence-corrected chi connectivity index (χ0v) is 12.1. The predicted molar refractivity (Wildman–Crippen MR) is 77.6 cm³/mol. The minimum absolute atomic E-state index is 0.0608. The van der Waals surface area contributed by atoms with E-state index >= 15 is 0 Å². The quantitative estimate of drug-likeness (QED) is 0.794. The van der Waals surface area contributed by atoms with Gasteiger partial charge in [0.25, 0.3) is 0 Å². The fourth-order valence-corrected chi connectivity index (χ4v) is 2.38. The number of nitrogens with one attached hydrogen (secondary N) is 1. The van der Waals surface area contributed by atoms with Gasteiger partial charge in [-0.1, -0.05) is 45.7 Å². The van der Waals surface area contributed by atoms with Crippen molar-refractivity contribution in [2.24, 2.45) is 0 Å². The van der Waals surface area contributed by atoms with Gasteiger partial charge in [-0.15, -0.1) is 0 Å². The topological polar surface area (TPSA) is 12.0 Å². The number of hydrogen-bond donors (Lipinski definition) is 1. The minimum Gasteiger partial charge on any atom is -0.376 e. The van der Waals surface area contributed by atoms with Crippen molar-refractivity contribution in [1.29, 1.82) is 0 Å². The summed E-state index contributed by atoms with van der Waals surface area (Å²) < 4.78 is 14.4. The maximum Gasteiger partial charge on any atom is 0.147 e. The molecule has 2 aromatic rings. The van der Waals surface area contributed by atoms with Crippen LogP contribution in [0.1, 0.15) is 18.5 Å². The second kappa shape index (κ2) is 5.72. The molecule has 18 heavy (non-hydrogen) atoms. The standard InChI is InChI=1S/C14H12BrClFN/c1-9(11-4-2-3-5-12(11)16)18-14-7-6-10(15)8-13(14)17/h2-9,18H,1H3. The van der Waals surface area contributed by atoms with Crippen LogP contribution in [0.15, 0.2) is 46.9 Å². The summed E-state index contributed by atoms with van der Waals surface area (Å²) >= 11 is 9.34. The van der Waals surface area contributed by atoms with Crippen LogP contribution in [0.3, 0.4) is 0 Å². The Bertz CT molecular complexity index is 559. The molecule has 94 valence electrons. The van der Waals surface area contributed by atoms with Crippen LogP contribution in [0, 0.1) is 5.82 Å². The fraction of sp³-hybridized carbons (Fsp3) is 0.143. The van der Waals surface area contributed by atoms with Crippen LogP contribution in [0.4, 0.5) is 10.1 Å². The molecule has 1 nitrogen and oxygen atoms in total. The van der Waals surface area contributed by atoms with Gasteiger partial charge in [-0.3, -0.25) is 0 Å². The summed E-state index contributed by atoms with van der Waals surface area (Å²) in [6.45, 7) is 1.95. The van der Waals surface area contributed by atoms with Crippen molar-refractivity contribution in [3.8, 4) is 0 Å². The van der Waals surface area contributed by atoms with Crippen molar-refractivity contribution in [2.75, 3.05) is 5.32 Å². The Hall–Kier alpha value is -1.06. The van der Waals surface area contributed by atoms with Crippen LogP contribution in [0.25, 0.3) is 0 Å². The Labute approximate surface area is 119 Å². The van der Waals surface area contributed by atoms with E-state index in [1.807, 2.05) is 31.2 Å². The van der Waals surface area contributed by atoms with E-state index in [0.717, 1.165) is 10.0 Å². The first-order chi connectivity index (χ1) is 8.58. The van der Waals surface area contributed by atoms with E-state index in [0.29, 0.717) is 10.7 Å². The molecule has 0 spiro atoms. The third-order valence-electron chi connectivity index (χ3n) is 2.67. The van der Waals surface area contributed by atoms with Gasteiger partial charge < -0.3 is 5.32 Å². The van der Waals surface area contributed by atoms with Gasteiger partial charge in [-0.2, -0.15) is 0 Å². The number of hydrogen-bond acceptors (Lipinski definition) is 1. The van der Waals surface area contributed by atoms with E-state index in [2.05, 4.69) is 21.2 Å². The predicted octanol–water partition coefficient (Wildman–Crippen LogP) is 5.41. The highest BCUT2D eigenvalue weighted by atomic mass is 79.9. The third kappa shape index (κ3) is 3.03. The van der Waals surface area contributed by atoms with Crippen molar-refractivity contribution < 1.29 is 4.39 Å². The maximum atomic E-state index is 13.7. The molecule has 2 aromatic carbocycles. The number of anilines is 1. The second-order valence-electron chi connectivity index (χ2n) is 4.01. The van der Waals surface area contributed by atoms with Gasteiger partial charge in [-0.05, 0) is 36.8 Å². The summed E-state index contributed by atoms with van der Waals surface area (Å²) in [5.41, 5.74) is 1.41. The smallest absolute Gasteiger partial charge is 0.147 e. The van der Waals surface area contributed by atoms with Crippen LogP contribution >= 0.6 is 27.5 Å². The summed E-state index contributed by atoms with van der Waals surface area (Å²) in [5.74, 6) is -0.289. The van der Waals surface area contributed by atoms with Gasteiger partial charge in [0, 0.05) is 9.50 Å². The molecule has 0 bridgehead atoms. The van der Waals surface area contributed by atoms with Gasteiger partial charge in [0.1, 0.15) is 5.82 Å². The molecule has 0 amide bonds. The van der Waals surface area contributed by atoms with E-state index in [1.54, 1.807) is 12.1 Å². The molecule has 0 saturated carbocycles. The molecule has 0 aromatic heterocycles. The van der Waals surface area contributed by atoms with E-state index in [1.165, 1.54) is 6.07 Å². The second-order valence-corrected chi connectivity index (χ2v) is 5.33. The van der Waals surface area contributed by atoms with Crippen LogP contribution in [-0.4, -0.2) is 0 Å². The SMILES string of the molecule is CC(Nc1ccc(Br)cc1F)c1ccccc1Cl. The Balaban J connectivity index is 2.21. The van der Waals surface area contributed by atoms with Crippen molar-refractivity contribution in [2.45, 2.75) is 13.0 Å². The Kier molecular flexibility index (Phi) is 4.25. The molecule has 1 unspecified atom stereocenters. The molecule has 0 aliphatic carbocycles. The minimum atomic E-state index is -0.289. The molecule has 4 heteroatoms. The lowest BCUT2D eigenvalue weighted by atomic mass is 10.1. The average molecular weight is 329 g/mol. The highest BCUT2D eigenvalue weighted by Gasteiger charge is 2.11. The van der Waals surface area contributed by atoms with E-state index < -0.39 is 0 Å². The average Bonchev–Trinajstić information content (AvgIpc) is 2.33. The molecule has 0 radical (unpaired) electrons. The lowest BCUT2D eigenvalue weighted by Crippen LogP contribution is -2.08. The lowest BCUT2D eigenvalue weighted by Gasteiger charge is -2.17.